The molecule has 1 N–H and O–H groups in total. The third kappa shape index (κ3) is 3.12. The highest BCUT2D eigenvalue weighted by atomic mass is 16.1. The Kier molecular flexibility index (Phi) is 4.18. The van der Waals surface area contributed by atoms with Gasteiger partial charge in [-0.2, -0.15) is 0 Å². The van der Waals surface area contributed by atoms with Crippen molar-refractivity contribution >= 4 is 22.4 Å². The SMILES string of the molecule is [N-]=[N+]=NCc1ccc(C(=O)Nc2cccnc2)c2ccccc12. The van der Waals surface area contributed by atoms with Crippen LogP contribution in [0.25, 0.3) is 21.2 Å². The summed E-state index contributed by atoms with van der Waals surface area (Å²) < 4.78 is 0. The Morgan fingerprint density at radius 2 is 1.96 bits per heavy atom. The van der Waals surface area contributed by atoms with E-state index >= 15 is 0 Å². The number of amides is 1. The Morgan fingerprint density at radius 1 is 1.13 bits per heavy atom. The molecule has 0 bridgehead atoms. The molecule has 0 fully saturated rings. The van der Waals surface area contributed by atoms with Crippen molar-refractivity contribution < 1.29 is 4.79 Å². The number of azide groups is 1. The van der Waals surface area contributed by atoms with Crippen LogP contribution in [0.1, 0.15) is 15.9 Å². The van der Waals surface area contributed by atoms with Gasteiger partial charge in [0.2, 0.25) is 0 Å². The highest BCUT2D eigenvalue weighted by Gasteiger charge is 2.12. The number of fused-ring (bicyclic) bond motifs is 1. The molecule has 3 rings (SSSR count). The maximum atomic E-state index is 12.5. The third-order valence-corrected chi connectivity index (χ3v) is 3.48. The van der Waals surface area contributed by atoms with Gasteiger partial charge in [0.25, 0.3) is 5.91 Å². The Morgan fingerprint density at radius 3 is 2.70 bits per heavy atom. The van der Waals surface area contributed by atoms with Gasteiger partial charge in [0.15, 0.2) is 0 Å². The van der Waals surface area contributed by atoms with Crippen LogP contribution >= 0.6 is 0 Å². The maximum absolute atomic E-state index is 12.5. The average molecular weight is 303 g/mol. The van der Waals surface area contributed by atoms with Crippen molar-refractivity contribution in [3.63, 3.8) is 0 Å². The van der Waals surface area contributed by atoms with E-state index in [1.807, 2.05) is 30.3 Å². The fourth-order valence-electron chi connectivity index (χ4n) is 2.44. The summed E-state index contributed by atoms with van der Waals surface area (Å²) in [4.78, 5) is 19.3. The van der Waals surface area contributed by atoms with Gasteiger partial charge >= 0.3 is 0 Å². The fraction of sp³-hybridized carbons (Fsp3) is 0.0588. The zero-order valence-corrected chi connectivity index (χ0v) is 12.2. The van der Waals surface area contributed by atoms with Crippen molar-refractivity contribution in [2.75, 3.05) is 5.32 Å². The molecular weight excluding hydrogens is 290 g/mol. The van der Waals surface area contributed by atoms with Gasteiger partial charge in [0.1, 0.15) is 0 Å². The fourth-order valence-corrected chi connectivity index (χ4v) is 2.44. The predicted molar refractivity (Wildman–Crippen MR) is 89.0 cm³/mol. The number of hydrogen-bond acceptors (Lipinski definition) is 3. The van der Waals surface area contributed by atoms with Gasteiger partial charge in [0.05, 0.1) is 18.4 Å². The Hall–Kier alpha value is -3.37. The topological polar surface area (TPSA) is 90.8 Å². The van der Waals surface area contributed by atoms with E-state index in [9.17, 15) is 4.79 Å². The molecule has 23 heavy (non-hydrogen) atoms. The van der Waals surface area contributed by atoms with Crippen molar-refractivity contribution in [1.29, 1.82) is 0 Å². The lowest BCUT2D eigenvalue weighted by Crippen LogP contribution is -2.12. The van der Waals surface area contributed by atoms with Crippen LogP contribution in [0.5, 0.6) is 0 Å². The molecule has 0 spiro atoms. The number of aromatic nitrogens is 1. The Bertz CT molecular complexity index is 901. The van der Waals surface area contributed by atoms with Crippen molar-refractivity contribution in [3.8, 4) is 0 Å². The number of hydrogen-bond donors (Lipinski definition) is 1. The lowest BCUT2D eigenvalue weighted by Gasteiger charge is -2.10. The Labute approximate surface area is 132 Å². The minimum atomic E-state index is -0.204. The second kappa shape index (κ2) is 6.60. The van der Waals surface area contributed by atoms with E-state index < -0.39 is 0 Å². The van der Waals surface area contributed by atoms with E-state index in [0.29, 0.717) is 11.3 Å². The van der Waals surface area contributed by atoms with Crippen LogP contribution in [0.15, 0.2) is 66.0 Å². The molecule has 0 saturated carbocycles. The molecule has 0 saturated heterocycles. The van der Waals surface area contributed by atoms with Gasteiger partial charge < -0.3 is 5.32 Å². The van der Waals surface area contributed by atoms with Crippen molar-refractivity contribution in [2.24, 2.45) is 5.11 Å². The number of rotatable bonds is 4. The van der Waals surface area contributed by atoms with Crippen LogP contribution in [0.4, 0.5) is 5.69 Å². The summed E-state index contributed by atoms with van der Waals surface area (Å²) in [5, 5.41) is 8.16. The molecule has 0 atom stereocenters. The maximum Gasteiger partial charge on any atom is 0.256 e. The second-order valence-corrected chi connectivity index (χ2v) is 4.90. The predicted octanol–water partition coefficient (Wildman–Crippen LogP) is 4.30. The van der Waals surface area contributed by atoms with E-state index in [1.165, 1.54) is 0 Å². The molecule has 2 aromatic carbocycles. The molecule has 6 nitrogen and oxygen atoms in total. The molecule has 0 radical (unpaired) electrons. The van der Waals surface area contributed by atoms with Gasteiger partial charge in [-0.05, 0) is 40.1 Å². The van der Waals surface area contributed by atoms with Crippen molar-refractivity contribution in [3.05, 3.63) is 82.5 Å². The molecule has 0 unspecified atom stereocenters. The van der Waals surface area contributed by atoms with Crippen LogP contribution < -0.4 is 5.32 Å². The number of pyridine rings is 1. The van der Waals surface area contributed by atoms with E-state index in [0.717, 1.165) is 16.3 Å². The summed E-state index contributed by atoms with van der Waals surface area (Å²) >= 11 is 0. The first-order valence-corrected chi connectivity index (χ1v) is 7.02. The minimum Gasteiger partial charge on any atom is -0.321 e. The first kappa shape index (κ1) is 14.6. The largest absolute Gasteiger partial charge is 0.321 e. The third-order valence-electron chi connectivity index (χ3n) is 3.48. The smallest absolute Gasteiger partial charge is 0.256 e. The zero-order valence-electron chi connectivity index (χ0n) is 12.2. The molecule has 1 aromatic heterocycles. The summed E-state index contributed by atoms with van der Waals surface area (Å²) in [6.45, 7) is 0.252. The van der Waals surface area contributed by atoms with Crippen molar-refractivity contribution in [2.45, 2.75) is 6.54 Å². The van der Waals surface area contributed by atoms with Crippen LogP contribution in [-0.2, 0) is 6.54 Å². The minimum absolute atomic E-state index is 0.204. The molecule has 0 aliphatic rings. The lowest BCUT2D eigenvalue weighted by molar-refractivity contribution is 0.102. The van der Waals surface area contributed by atoms with Crippen molar-refractivity contribution in [1.82, 2.24) is 4.98 Å². The first-order chi connectivity index (χ1) is 11.3. The zero-order chi connectivity index (χ0) is 16.1. The molecule has 112 valence electrons. The van der Waals surface area contributed by atoms with Gasteiger partial charge in [-0.15, -0.1) is 0 Å². The van der Waals surface area contributed by atoms with Crippen LogP contribution in [0.3, 0.4) is 0 Å². The second-order valence-electron chi connectivity index (χ2n) is 4.90. The standard InChI is InChI=1S/C17H13N5O/c18-22-20-10-12-7-8-16(15-6-2-1-5-14(12)15)17(23)21-13-4-3-9-19-11-13/h1-9,11H,10H2,(H,21,23). The molecule has 6 heteroatoms. The summed E-state index contributed by atoms with van der Waals surface area (Å²) in [6, 6.07) is 14.7. The number of carbonyl (C=O) groups is 1. The lowest BCUT2D eigenvalue weighted by atomic mass is 9.99. The van der Waals surface area contributed by atoms with Gasteiger partial charge in [-0.1, -0.05) is 35.4 Å². The van der Waals surface area contributed by atoms with Gasteiger partial charge in [0, 0.05) is 16.7 Å². The number of benzene rings is 2. The quantitative estimate of drug-likeness (QED) is 0.442. The van der Waals surface area contributed by atoms with E-state index in [-0.39, 0.29) is 12.5 Å². The molecule has 1 amide bonds. The van der Waals surface area contributed by atoms with Crippen LogP contribution in [-0.4, -0.2) is 10.9 Å². The monoisotopic (exact) mass is 303 g/mol. The number of carbonyl (C=O) groups excluding carboxylic acids is 1. The molecule has 0 aliphatic heterocycles. The summed E-state index contributed by atoms with van der Waals surface area (Å²) in [5.74, 6) is -0.204. The van der Waals surface area contributed by atoms with E-state index in [4.69, 9.17) is 5.53 Å². The molecule has 3 aromatic rings. The highest BCUT2D eigenvalue weighted by molar-refractivity contribution is 6.13. The highest BCUT2D eigenvalue weighted by Crippen LogP contribution is 2.24. The van der Waals surface area contributed by atoms with Crippen LogP contribution in [0, 0.1) is 0 Å². The van der Waals surface area contributed by atoms with Gasteiger partial charge in [-0.3, -0.25) is 9.78 Å². The number of anilines is 1. The van der Waals surface area contributed by atoms with Gasteiger partial charge in [-0.25, -0.2) is 0 Å². The first-order valence-electron chi connectivity index (χ1n) is 7.02. The molecule has 1 heterocycles. The normalized spacial score (nSPS) is 10.1. The van der Waals surface area contributed by atoms with E-state index in [1.54, 1.807) is 30.6 Å². The number of nitrogens with zero attached hydrogens (tertiary/aromatic N) is 4. The number of nitrogens with one attached hydrogen (secondary N) is 1. The Balaban J connectivity index is 2.01. The molecule has 0 aliphatic carbocycles. The van der Waals surface area contributed by atoms with E-state index in [2.05, 4.69) is 20.3 Å². The van der Waals surface area contributed by atoms with Crippen LogP contribution in [0.2, 0.25) is 0 Å². The summed E-state index contributed by atoms with van der Waals surface area (Å²) in [6.07, 6.45) is 3.24. The average Bonchev–Trinajstić information content (AvgIpc) is 2.60. The summed E-state index contributed by atoms with van der Waals surface area (Å²) in [7, 11) is 0. The summed E-state index contributed by atoms with van der Waals surface area (Å²) in [5.41, 5.74) is 10.6. The molecular formula is C17H13N5O.